The van der Waals surface area contributed by atoms with Crippen LogP contribution in [0.5, 0.6) is 0 Å². The molecule has 1 amide bonds. The number of hydrogen-bond acceptors (Lipinski definition) is 7. The predicted molar refractivity (Wildman–Crippen MR) is 200 cm³/mol. The Hall–Kier alpha value is -3.64. The third kappa shape index (κ3) is 11.8. The molecule has 1 aromatic carbocycles. The van der Waals surface area contributed by atoms with Crippen molar-refractivity contribution in [3.05, 3.63) is 34.5 Å². The first-order valence-electron chi connectivity index (χ1n) is 16.8. The SMILES string of the molecule is CNCCCC(CCCN=C(N)N)(CNC(=O)[C@@H](N)Cc1c(C(C)(C)C)[nH]c2cc(C(C)(C)C)cc(C(C)(C)C)c12)C(=O)OC.N=CN. The van der Waals surface area contributed by atoms with Crippen LogP contribution in [0.25, 0.3) is 10.9 Å². The third-order valence-electron chi connectivity index (χ3n) is 8.60. The summed E-state index contributed by atoms with van der Waals surface area (Å²) >= 11 is 0. The first-order chi connectivity index (χ1) is 22.1. The first kappa shape index (κ1) is 42.4. The van der Waals surface area contributed by atoms with Gasteiger partial charge in [0.1, 0.15) is 0 Å². The number of hydrogen-bond donors (Lipinski definition) is 8. The van der Waals surface area contributed by atoms with Gasteiger partial charge in [-0.15, -0.1) is 0 Å². The summed E-state index contributed by atoms with van der Waals surface area (Å²) in [5.74, 6) is -0.670. The summed E-state index contributed by atoms with van der Waals surface area (Å²) in [6.07, 6.45) is 3.37. The van der Waals surface area contributed by atoms with E-state index in [4.69, 9.17) is 27.3 Å². The molecule has 0 aliphatic rings. The maximum atomic E-state index is 13.7. The number of benzene rings is 1. The van der Waals surface area contributed by atoms with Crippen LogP contribution in [0.4, 0.5) is 0 Å². The average molecular weight is 672 g/mol. The highest BCUT2D eigenvalue weighted by molar-refractivity contribution is 5.92. The summed E-state index contributed by atoms with van der Waals surface area (Å²) in [5, 5.41) is 13.2. The van der Waals surface area contributed by atoms with Crippen LogP contribution in [-0.4, -0.2) is 69.0 Å². The molecular formula is C36H65N9O3. The van der Waals surface area contributed by atoms with Gasteiger partial charge in [0, 0.05) is 35.1 Å². The van der Waals surface area contributed by atoms with Gasteiger partial charge in [0.05, 0.1) is 24.9 Å². The van der Waals surface area contributed by atoms with E-state index < -0.39 is 11.5 Å². The monoisotopic (exact) mass is 672 g/mol. The Morgan fingerprint density at radius 2 is 1.58 bits per heavy atom. The number of guanidine groups is 1. The molecule has 12 heteroatoms. The fraction of sp³-hybridized carbons (Fsp3) is 0.667. The number of nitrogens with one attached hydrogen (secondary N) is 4. The molecule has 0 fully saturated rings. The minimum atomic E-state index is -0.931. The van der Waals surface area contributed by atoms with Crippen LogP contribution in [0.15, 0.2) is 17.1 Å². The summed E-state index contributed by atoms with van der Waals surface area (Å²) in [6.45, 7) is 21.1. The number of carbonyl (C=O) groups is 2. The Balaban J connectivity index is 0.00000369. The Labute approximate surface area is 288 Å². The molecule has 1 aromatic heterocycles. The molecule has 272 valence electrons. The quantitative estimate of drug-likeness (QED) is 0.0636. The van der Waals surface area contributed by atoms with Crippen LogP contribution < -0.4 is 33.6 Å². The third-order valence-corrected chi connectivity index (χ3v) is 8.60. The average Bonchev–Trinajstić information content (AvgIpc) is 3.34. The predicted octanol–water partition coefficient (Wildman–Crippen LogP) is 3.81. The Bertz CT molecular complexity index is 1390. The van der Waals surface area contributed by atoms with Crippen LogP contribution in [-0.2, 0) is 37.0 Å². The van der Waals surface area contributed by atoms with Gasteiger partial charge in [0.15, 0.2) is 5.96 Å². The Kier molecular flexibility index (Phi) is 15.6. The summed E-state index contributed by atoms with van der Waals surface area (Å²) in [7, 11) is 3.24. The van der Waals surface area contributed by atoms with E-state index in [1.807, 2.05) is 7.05 Å². The van der Waals surface area contributed by atoms with Crippen molar-refractivity contribution in [2.45, 2.75) is 117 Å². The molecule has 0 aliphatic heterocycles. The fourth-order valence-electron chi connectivity index (χ4n) is 5.99. The lowest BCUT2D eigenvalue weighted by Crippen LogP contribution is -2.49. The second-order valence-corrected chi connectivity index (χ2v) is 15.8. The number of methoxy groups -OCH3 is 1. The van der Waals surface area contributed by atoms with Crippen LogP contribution >= 0.6 is 0 Å². The van der Waals surface area contributed by atoms with Crippen molar-refractivity contribution in [2.75, 3.05) is 33.8 Å². The van der Waals surface area contributed by atoms with Gasteiger partial charge in [-0.25, -0.2) is 0 Å². The van der Waals surface area contributed by atoms with Crippen molar-refractivity contribution in [3.8, 4) is 0 Å². The van der Waals surface area contributed by atoms with Gasteiger partial charge in [0.25, 0.3) is 0 Å². The number of carbonyl (C=O) groups excluding carboxylic acids is 2. The van der Waals surface area contributed by atoms with Crippen molar-refractivity contribution in [1.29, 1.82) is 5.41 Å². The van der Waals surface area contributed by atoms with Crippen molar-refractivity contribution < 1.29 is 14.3 Å². The molecule has 0 spiro atoms. The molecule has 1 heterocycles. The Morgan fingerprint density at radius 3 is 2.06 bits per heavy atom. The molecule has 48 heavy (non-hydrogen) atoms. The topological polar surface area (TPSA) is 224 Å². The standard InChI is InChI=1S/C35H61N7O3.CH4N2/c1-32(2,3)22-18-24(33(4,5)6)27-23(28(34(7,8)9)42-26(27)19-22)20-25(36)29(43)41-21-35(30(44)45-11,14-12-16-39-10)15-13-17-40-31(37)38;2-1-3/h18-19,25,39,42H,12-17,20-21,36H2,1-11H3,(H,41,43)(H4,37,38,40);1H,(H3,2,3)/t25-,35?;/m0./s1. The summed E-state index contributed by atoms with van der Waals surface area (Å²) in [4.78, 5) is 34.7. The number of esters is 1. The zero-order chi connectivity index (χ0) is 37.1. The highest BCUT2D eigenvalue weighted by Gasteiger charge is 2.39. The number of aliphatic imine (C=N–C) groups is 1. The molecule has 0 bridgehead atoms. The van der Waals surface area contributed by atoms with Crippen molar-refractivity contribution in [1.82, 2.24) is 15.6 Å². The van der Waals surface area contributed by atoms with E-state index >= 15 is 0 Å². The molecule has 0 aliphatic carbocycles. The van der Waals surface area contributed by atoms with Crippen molar-refractivity contribution in [2.24, 2.45) is 33.3 Å². The normalized spacial score (nSPS) is 13.9. The Morgan fingerprint density at radius 1 is 1.00 bits per heavy atom. The number of amides is 1. The fourth-order valence-corrected chi connectivity index (χ4v) is 5.99. The van der Waals surface area contributed by atoms with Crippen LogP contribution in [0.3, 0.4) is 0 Å². The van der Waals surface area contributed by atoms with E-state index in [0.29, 0.717) is 32.2 Å². The molecule has 0 saturated heterocycles. The number of aromatic amines is 1. The zero-order valence-corrected chi connectivity index (χ0v) is 31.4. The largest absolute Gasteiger partial charge is 0.469 e. The molecule has 0 radical (unpaired) electrons. The number of ether oxygens (including phenoxy) is 1. The molecule has 2 atom stereocenters. The lowest BCUT2D eigenvalue weighted by molar-refractivity contribution is -0.154. The van der Waals surface area contributed by atoms with E-state index in [9.17, 15) is 9.59 Å². The highest BCUT2D eigenvalue weighted by Crippen LogP contribution is 2.41. The van der Waals surface area contributed by atoms with Crippen molar-refractivity contribution in [3.63, 3.8) is 0 Å². The smallest absolute Gasteiger partial charge is 0.313 e. The van der Waals surface area contributed by atoms with Gasteiger partial charge in [-0.1, -0.05) is 68.4 Å². The number of nitrogens with two attached hydrogens (primary N) is 4. The van der Waals surface area contributed by atoms with Crippen LogP contribution in [0.1, 0.15) is 110 Å². The van der Waals surface area contributed by atoms with E-state index in [1.165, 1.54) is 18.2 Å². The summed E-state index contributed by atoms with van der Waals surface area (Å²) < 4.78 is 5.25. The van der Waals surface area contributed by atoms with E-state index in [2.05, 4.69) is 101 Å². The zero-order valence-electron chi connectivity index (χ0n) is 31.4. The summed E-state index contributed by atoms with van der Waals surface area (Å²) in [6, 6.07) is 3.73. The molecular weight excluding hydrogens is 606 g/mol. The highest BCUT2D eigenvalue weighted by atomic mass is 16.5. The number of H-pyrrole nitrogens is 1. The van der Waals surface area contributed by atoms with Crippen LogP contribution in [0.2, 0.25) is 0 Å². The minimum absolute atomic E-state index is 0.00397. The van der Waals surface area contributed by atoms with Gasteiger partial charge in [-0.2, -0.15) is 0 Å². The molecule has 12 N–H and O–H groups in total. The van der Waals surface area contributed by atoms with Gasteiger partial charge >= 0.3 is 5.97 Å². The number of aromatic nitrogens is 1. The van der Waals surface area contributed by atoms with Gasteiger partial charge in [-0.05, 0) is 79.3 Å². The maximum Gasteiger partial charge on any atom is 0.313 e. The summed E-state index contributed by atoms with van der Waals surface area (Å²) in [5.41, 5.74) is 26.5. The van der Waals surface area contributed by atoms with Gasteiger partial charge in [0.2, 0.25) is 5.91 Å². The molecule has 2 rings (SSSR count). The van der Waals surface area contributed by atoms with Crippen molar-refractivity contribution >= 4 is 35.1 Å². The first-order valence-corrected chi connectivity index (χ1v) is 16.8. The lowest BCUT2D eigenvalue weighted by Gasteiger charge is -2.32. The minimum Gasteiger partial charge on any atom is -0.469 e. The van der Waals surface area contributed by atoms with E-state index in [1.54, 1.807) is 0 Å². The number of rotatable bonds is 14. The van der Waals surface area contributed by atoms with Crippen LogP contribution in [0, 0.1) is 10.8 Å². The molecule has 2 aromatic rings. The number of nitrogens with zero attached hydrogens (tertiary/aromatic N) is 1. The van der Waals surface area contributed by atoms with Gasteiger partial charge < -0.3 is 43.3 Å². The molecule has 0 saturated carbocycles. The lowest BCUT2D eigenvalue weighted by atomic mass is 9.77. The number of fused-ring (bicyclic) bond motifs is 1. The van der Waals surface area contributed by atoms with Gasteiger partial charge in [-0.3, -0.25) is 20.0 Å². The second kappa shape index (κ2) is 17.7. The van der Waals surface area contributed by atoms with E-state index in [0.717, 1.165) is 41.5 Å². The molecule has 1 unspecified atom stereocenters. The van der Waals surface area contributed by atoms with E-state index in [-0.39, 0.29) is 40.6 Å². The molecule has 12 nitrogen and oxygen atoms in total. The second-order valence-electron chi connectivity index (χ2n) is 15.8. The maximum absolute atomic E-state index is 13.7.